The van der Waals surface area contributed by atoms with Crippen molar-refractivity contribution in [1.29, 1.82) is 0 Å². The van der Waals surface area contributed by atoms with E-state index < -0.39 is 0 Å². The third-order valence-corrected chi connectivity index (χ3v) is 2.78. The zero-order chi connectivity index (χ0) is 10.9. The molecule has 2 atom stereocenters. The van der Waals surface area contributed by atoms with E-state index >= 15 is 0 Å². The maximum Gasteiger partial charge on any atom is 0.0241 e. The third kappa shape index (κ3) is 5.77. The van der Waals surface area contributed by atoms with Crippen LogP contribution in [0.5, 0.6) is 0 Å². The van der Waals surface area contributed by atoms with Gasteiger partial charge in [0, 0.05) is 18.8 Å². The van der Waals surface area contributed by atoms with Crippen molar-refractivity contribution in [2.75, 3.05) is 19.6 Å². The summed E-state index contributed by atoms with van der Waals surface area (Å²) in [6.45, 7) is 5.31. The minimum atomic E-state index is 0.178. The lowest BCUT2D eigenvalue weighted by Gasteiger charge is -2.11. The smallest absolute Gasteiger partial charge is 0.0241 e. The molecule has 15 heavy (non-hydrogen) atoms. The second-order valence-corrected chi connectivity index (χ2v) is 4.13. The lowest BCUT2D eigenvalue weighted by molar-refractivity contribution is 0.492. The summed E-state index contributed by atoms with van der Waals surface area (Å²) in [5, 5.41) is 3.37. The highest BCUT2D eigenvalue weighted by Crippen LogP contribution is 2.15. The molecule has 0 radical (unpaired) electrons. The van der Waals surface area contributed by atoms with Crippen LogP contribution in [0.1, 0.15) is 26.2 Å². The molecule has 1 fully saturated rings. The van der Waals surface area contributed by atoms with Crippen molar-refractivity contribution in [2.24, 2.45) is 11.7 Å². The van der Waals surface area contributed by atoms with Crippen molar-refractivity contribution >= 4 is 0 Å². The maximum atomic E-state index is 5.96. The van der Waals surface area contributed by atoms with E-state index in [0.29, 0.717) is 0 Å². The maximum absolute atomic E-state index is 5.96. The molecule has 0 aromatic carbocycles. The summed E-state index contributed by atoms with van der Waals surface area (Å²) in [6.07, 6.45) is 7.54. The molecule has 0 aromatic heterocycles. The van der Waals surface area contributed by atoms with Gasteiger partial charge in [0.15, 0.2) is 0 Å². The molecule has 88 valence electrons. The van der Waals surface area contributed by atoms with Gasteiger partial charge in [-0.1, -0.05) is 13.0 Å². The first-order valence-electron chi connectivity index (χ1n) is 5.94. The summed E-state index contributed by atoms with van der Waals surface area (Å²) in [4.78, 5) is 0. The predicted octanol–water partition coefficient (Wildman–Crippen LogP) is 0.331. The molecular weight excluding hydrogens is 188 g/mol. The van der Waals surface area contributed by atoms with E-state index in [2.05, 4.69) is 16.2 Å². The third-order valence-electron chi connectivity index (χ3n) is 2.78. The fourth-order valence-electron chi connectivity index (χ4n) is 1.82. The first kappa shape index (κ1) is 12.5. The van der Waals surface area contributed by atoms with Crippen LogP contribution >= 0.6 is 0 Å². The topological polar surface area (TPSA) is 62.1 Å². The van der Waals surface area contributed by atoms with E-state index in [4.69, 9.17) is 5.73 Å². The van der Waals surface area contributed by atoms with Gasteiger partial charge < -0.3 is 16.5 Å². The lowest BCUT2D eigenvalue weighted by atomic mass is 9.99. The second kappa shape index (κ2) is 7.68. The Morgan fingerprint density at radius 3 is 3.13 bits per heavy atom. The van der Waals surface area contributed by atoms with Crippen LogP contribution < -0.4 is 21.9 Å². The zero-order valence-corrected chi connectivity index (χ0v) is 9.63. The van der Waals surface area contributed by atoms with Gasteiger partial charge in [-0.15, -0.1) is 0 Å². The first-order chi connectivity index (χ1) is 7.33. The Bertz CT molecular complexity index is 175. The Labute approximate surface area is 92.7 Å². The quantitative estimate of drug-likeness (QED) is 0.363. The normalized spacial score (nSPS) is 23.5. The average Bonchev–Trinajstić information content (AvgIpc) is 2.74. The highest BCUT2D eigenvalue weighted by atomic mass is 15.3. The highest BCUT2D eigenvalue weighted by molar-refractivity contribution is 4.89. The van der Waals surface area contributed by atoms with Crippen LogP contribution in [0, 0.1) is 5.92 Å². The monoisotopic (exact) mass is 212 g/mol. The molecule has 0 aliphatic carbocycles. The number of rotatable bonds is 7. The van der Waals surface area contributed by atoms with Gasteiger partial charge >= 0.3 is 0 Å². The Balaban J connectivity index is 2.01. The molecule has 1 aliphatic rings. The molecule has 0 aromatic rings. The summed E-state index contributed by atoms with van der Waals surface area (Å²) in [7, 11) is 0. The second-order valence-electron chi connectivity index (χ2n) is 4.13. The molecule has 1 rings (SSSR count). The molecule has 1 aliphatic heterocycles. The van der Waals surface area contributed by atoms with Gasteiger partial charge in [0.25, 0.3) is 0 Å². The zero-order valence-electron chi connectivity index (χ0n) is 9.63. The minimum Gasteiger partial charge on any atom is -0.329 e. The fourth-order valence-corrected chi connectivity index (χ4v) is 1.82. The number of hydrazine groups is 1. The van der Waals surface area contributed by atoms with Crippen molar-refractivity contribution in [3.05, 3.63) is 12.3 Å². The highest BCUT2D eigenvalue weighted by Gasteiger charge is 2.14. The molecular formula is C11H24N4. The SMILES string of the molecule is CCNN/C=C\C(N)CCC1CCNC1. The Morgan fingerprint density at radius 2 is 2.47 bits per heavy atom. The number of hydrogen-bond acceptors (Lipinski definition) is 4. The van der Waals surface area contributed by atoms with Crippen LogP contribution in [0.15, 0.2) is 12.3 Å². The van der Waals surface area contributed by atoms with E-state index in [9.17, 15) is 0 Å². The van der Waals surface area contributed by atoms with Crippen molar-refractivity contribution in [3.63, 3.8) is 0 Å². The van der Waals surface area contributed by atoms with E-state index in [0.717, 1.165) is 18.9 Å². The summed E-state index contributed by atoms with van der Waals surface area (Å²) < 4.78 is 0. The molecule has 4 nitrogen and oxygen atoms in total. The Morgan fingerprint density at radius 1 is 1.60 bits per heavy atom. The summed E-state index contributed by atoms with van der Waals surface area (Å²) >= 11 is 0. The number of nitrogens with one attached hydrogen (secondary N) is 3. The lowest BCUT2D eigenvalue weighted by Crippen LogP contribution is -2.27. The van der Waals surface area contributed by atoms with E-state index in [-0.39, 0.29) is 6.04 Å². The first-order valence-corrected chi connectivity index (χ1v) is 5.94. The van der Waals surface area contributed by atoms with E-state index in [1.54, 1.807) is 0 Å². The number of nitrogens with two attached hydrogens (primary N) is 1. The van der Waals surface area contributed by atoms with Crippen molar-refractivity contribution in [2.45, 2.75) is 32.2 Å². The average molecular weight is 212 g/mol. The van der Waals surface area contributed by atoms with Crippen LogP contribution in [-0.4, -0.2) is 25.7 Å². The fraction of sp³-hybridized carbons (Fsp3) is 0.818. The molecule has 2 unspecified atom stereocenters. The van der Waals surface area contributed by atoms with Crippen LogP contribution in [0.2, 0.25) is 0 Å². The number of hydrogen-bond donors (Lipinski definition) is 4. The molecule has 1 heterocycles. The van der Waals surface area contributed by atoms with Gasteiger partial charge in [-0.25, -0.2) is 5.43 Å². The Kier molecular flexibility index (Phi) is 6.39. The largest absolute Gasteiger partial charge is 0.329 e. The van der Waals surface area contributed by atoms with Gasteiger partial charge in [0.2, 0.25) is 0 Å². The van der Waals surface area contributed by atoms with Gasteiger partial charge in [0.1, 0.15) is 0 Å². The molecule has 0 amide bonds. The van der Waals surface area contributed by atoms with Gasteiger partial charge in [0.05, 0.1) is 0 Å². The van der Waals surface area contributed by atoms with Crippen LogP contribution in [0.25, 0.3) is 0 Å². The molecule has 0 bridgehead atoms. The Hall–Kier alpha value is -0.580. The van der Waals surface area contributed by atoms with Crippen molar-refractivity contribution < 1.29 is 0 Å². The standard InChI is InChI=1S/C11H24N4/c1-2-14-15-8-6-11(12)4-3-10-5-7-13-9-10/h6,8,10-11,13-15H,2-5,7,9,12H2,1H3/b8-6-. The summed E-state index contributed by atoms with van der Waals surface area (Å²) in [6, 6.07) is 0.178. The molecule has 0 saturated carbocycles. The summed E-state index contributed by atoms with van der Waals surface area (Å²) in [5.41, 5.74) is 11.9. The molecule has 1 saturated heterocycles. The van der Waals surface area contributed by atoms with Gasteiger partial charge in [-0.2, -0.15) is 0 Å². The van der Waals surface area contributed by atoms with Crippen LogP contribution in [-0.2, 0) is 0 Å². The van der Waals surface area contributed by atoms with E-state index in [1.807, 2.05) is 19.2 Å². The van der Waals surface area contributed by atoms with Crippen molar-refractivity contribution in [3.8, 4) is 0 Å². The molecule has 5 N–H and O–H groups in total. The predicted molar refractivity (Wildman–Crippen MR) is 64.1 cm³/mol. The van der Waals surface area contributed by atoms with E-state index in [1.165, 1.54) is 25.9 Å². The summed E-state index contributed by atoms with van der Waals surface area (Å²) in [5.74, 6) is 0.839. The van der Waals surface area contributed by atoms with Crippen LogP contribution in [0.4, 0.5) is 0 Å². The van der Waals surface area contributed by atoms with Crippen LogP contribution in [0.3, 0.4) is 0 Å². The molecule has 4 heteroatoms. The van der Waals surface area contributed by atoms with Gasteiger partial charge in [-0.3, -0.25) is 0 Å². The molecule has 0 spiro atoms. The minimum absolute atomic E-state index is 0.178. The van der Waals surface area contributed by atoms with Gasteiger partial charge in [-0.05, 0) is 38.3 Å². The van der Waals surface area contributed by atoms with Crippen molar-refractivity contribution in [1.82, 2.24) is 16.2 Å².